The Morgan fingerprint density at radius 1 is 0.824 bits per heavy atom. The van der Waals surface area contributed by atoms with Crippen molar-refractivity contribution < 1.29 is 19.1 Å². The summed E-state index contributed by atoms with van der Waals surface area (Å²) in [4.78, 5) is 24.4. The molecule has 4 nitrogen and oxygen atoms in total. The molecule has 0 aliphatic rings. The molecule has 0 spiro atoms. The molecule has 34 heavy (non-hydrogen) atoms. The van der Waals surface area contributed by atoms with E-state index in [-0.39, 0.29) is 19.0 Å². The van der Waals surface area contributed by atoms with Gasteiger partial charge in [-0.15, -0.1) is 0 Å². The van der Waals surface area contributed by atoms with E-state index < -0.39 is 5.97 Å². The van der Waals surface area contributed by atoms with Gasteiger partial charge in [0.1, 0.15) is 12.4 Å². The first-order valence-corrected chi connectivity index (χ1v) is 11.0. The van der Waals surface area contributed by atoms with Gasteiger partial charge in [-0.25, -0.2) is 4.79 Å². The molecule has 0 bridgehead atoms. The summed E-state index contributed by atoms with van der Waals surface area (Å²) < 4.78 is 10.8. The van der Waals surface area contributed by atoms with Crippen LogP contribution in [-0.2, 0) is 16.1 Å². The molecular formula is C30H28O4. The van der Waals surface area contributed by atoms with Crippen LogP contribution in [0.5, 0.6) is 5.75 Å². The Kier molecular flexibility index (Phi) is 8.75. The molecule has 3 rings (SSSR count). The first kappa shape index (κ1) is 24.5. The standard InChI is InChI=1S/C30H28O4/c1-4-6-25(7-5-8-29(31)33-21-24-13-9-22(2)10-14-24)26-17-19-28(20-18-26)34-30(32)27-15-11-23(3)12-16-27/h4-7,9-20H,1,8,21H2,2-3H3/b7-5-,25-6+. The minimum Gasteiger partial charge on any atom is -0.461 e. The van der Waals surface area contributed by atoms with Crippen LogP contribution in [0.15, 0.2) is 104 Å². The van der Waals surface area contributed by atoms with Gasteiger partial charge in [-0.05, 0) is 54.8 Å². The minimum absolute atomic E-state index is 0.159. The number of hydrogen-bond donors (Lipinski definition) is 0. The number of carbonyl (C=O) groups is 2. The lowest BCUT2D eigenvalue weighted by Crippen LogP contribution is -2.08. The molecule has 0 fully saturated rings. The maximum absolute atomic E-state index is 12.3. The predicted octanol–water partition coefficient (Wildman–Crippen LogP) is 6.78. The molecule has 0 saturated carbocycles. The van der Waals surface area contributed by atoms with Gasteiger partial charge in [0.15, 0.2) is 0 Å². The van der Waals surface area contributed by atoms with Crippen molar-refractivity contribution in [2.45, 2.75) is 26.9 Å². The van der Waals surface area contributed by atoms with Crippen LogP contribution in [0.4, 0.5) is 0 Å². The Morgan fingerprint density at radius 2 is 1.41 bits per heavy atom. The molecule has 0 atom stereocenters. The molecule has 0 N–H and O–H groups in total. The SMILES string of the molecule is C=C/C=C(\C=C/CC(=O)OCc1ccc(C)cc1)c1ccc(OC(=O)c2ccc(C)cc2)cc1. The molecule has 0 aliphatic heterocycles. The zero-order valence-electron chi connectivity index (χ0n) is 19.5. The Labute approximate surface area is 200 Å². The topological polar surface area (TPSA) is 52.6 Å². The van der Waals surface area contributed by atoms with E-state index in [1.54, 1.807) is 36.4 Å². The number of esters is 2. The molecule has 4 heteroatoms. The Hall–Kier alpha value is -4.18. The number of ether oxygens (including phenoxy) is 2. The molecule has 0 saturated heterocycles. The summed E-state index contributed by atoms with van der Waals surface area (Å²) in [5, 5.41) is 0. The van der Waals surface area contributed by atoms with E-state index in [0.29, 0.717) is 11.3 Å². The Morgan fingerprint density at radius 3 is 2.03 bits per heavy atom. The van der Waals surface area contributed by atoms with Crippen LogP contribution in [0.1, 0.15) is 39.0 Å². The lowest BCUT2D eigenvalue weighted by Gasteiger charge is -2.07. The molecule has 0 aromatic heterocycles. The highest BCUT2D eigenvalue weighted by molar-refractivity contribution is 5.91. The van der Waals surface area contributed by atoms with E-state index in [1.165, 1.54) is 0 Å². The van der Waals surface area contributed by atoms with Crippen LogP contribution < -0.4 is 4.74 Å². The quantitative estimate of drug-likeness (QED) is 0.204. The molecule has 0 unspecified atom stereocenters. The molecule has 0 amide bonds. The highest BCUT2D eigenvalue weighted by Gasteiger charge is 2.09. The summed E-state index contributed by atoms with van der Waals surface area (Å²) >= 11 is 0. The van der Waals surface area contributed by atoms with Gasteiger partial charge in [0.05, 0.1) is 12.0 Å². The minimum atomic E-state index is -0.404. The lowest BCUT2D eigenvalue weighted by molar-refractivity contribution is -0.143. The van der Waals surface area contributed by atoms with Crippen molar-refractivity contribution in [2.75, 3.05) is 0 Å². The fourth-order valence-corrected chi connectivity index (χ4v) is 3.14. The average Bonchev–Trinajstić information content (AvgIpc) is 2.84. The molecule has 3 aromatic rings. The number of benzene rings is 3. The van der Waals surface area contributed by atoms with Crippen molar-refractivity contribution in [3.05, 3.63) is 131 Å². The van der Waals surface area contributed by atoms with Gasteiger partial charge in [0.25, 0.3) is 0 Å². The average molecular weight is 453 g/mol. The second kappa shape index (κ2) is 12.2. The zero-order valence-corrected chi connectivity index (χ0v) is 19.5. The zero-order chi connectivity index (χ0) is 24.3. The van der Waals surface area contributed by atoms with Crippen molar-refractivity contribution in [2.24, 2.45) is 0 Å². The molecule has 0 radical (unpaired) electrons. The van der Waals surface area contributed by atoms with E-state index >= 15 is 0 Å². The molecule has 0 aliphatic carbocycles. The highest BCUT2D eigenvalue weighted by Crippen LogP contribution is 2.21. The monoisotopic (exact) mass is 452 g/mol. The second-order valence-electron chi connectivity index (χ2n) is 7.89. The number of allylic oxidation sites excluding steroid dienone is 4. The molecule has 3 aromatic carbocycles. The normalized spacial score (nSPS) is 11.3. The van der Waals surface area contributed by atoms with Crippen molar-refractivity contribution in [3.8, 4) is 5.75 Å². The summed E-state index contributed by atoms with van der Waals surface area (Å²) in [6.07, 6.45) is 7.30. The number of rotatable bonds is 9. The van der Waals surface area contributed by atoms with E-state index in [0.717, 1.165) is 27.8 Å². The van der Waals surface area contributed by atoms with E-state index in [4.69, 9.17) is 9.47 Å². The maximum atomic E-state index is 12.3. The summed E-state index contributed by atoms with van der Waals surface area (Å²) in [6.45, 7) is 8.00. The maximum Gasteiger partial charge on any atom is 0.343 e. The second-order valence-corrected chi connectivity index (χ2v) is 7.89. The van der Waals surface area contributed by atoms with Gasteiger partial charge in [0.2, 0.25) is 0 Å². The summed E-state index contributed by atoms with van der Waals surface area (Å²) in [6, 6.07) is 22.3. The molecule has 0 heterocycles. The largest absolute Gasteiger partial charge is 0.461 e. The van der Waals surface area contributed by atoms with Crippen molar-refractivity contribution in [3.63, 3.8) is 0 Å². The predicted molar refractivity (Wildman–Crippen MR) is 135 cm³/mol. The summed E-state index contributed by atoms with van der Waals surface area (Å²) in [5.74, 6) is -0.247. The first-order chi connectivity index (χ1) is 16.4. The van der Waals surface area contributed by atoms with Crippen molar-refractivity contribution >= 4 is 17.5 Å². The number of carbonyl (C=O) groups excluding carboxylic acids is 2. The summed E-state index contributed by atoms with van der Waals surface area (Å²) in [5.41, 5.74) is 5.47. The number of hydrogen-bond acceptors (Lipinski definition) is 4. The third-order valence-corrected chi connectivity index (χ3v) is 5.09. The van der Waals surface area contributed by atoms with Crippen LogP contribution in [0.3, 0.4) is 0 Å². The smallest absolute Gasteiger partial charge is 0.343 e. The fourth-order valence-electron chi connectivity index (χ4n) is 3.14. The first-order valence-electron chi connectivity index (χ1n) is 11.0. The van der Waals surface area contributed by atoms with E-state index in [1.807, 2.05) is 74.5 Å². The van der Waals surface area contributed by atoms with Crippen molar-refractivity contribution in [1.82, 2.24) is 0 Å². The Balaban J connectivity index is 1.56. The third-order valence-electron chi connectivity index (χ3n) is 5.09. The van der Waals surface area contributed by atoms with Crippen LogP contribution in [-0.4, -0.2) is 11.9 Å². The van der Waals surface area contributed by atoms with Crippen LogP contribution >= 0.6 is 0 Å². The fraction of sp³-hybridized carbons (Fsp3) is 0.133. The summed E-state index contributed by atoms with van der Waals surface area (Å²) in [7, 11) is 0. The van der Waals surface area contributed by atoms with Crippen LogP contribution in [0, 0.1) is 13.8 Å². The number of aryl methyl sites for hydroxylation is 2. The van der Waals surface area contributed by atoms with Crippen LogP contribution in [0.2, 0.25) is 0 Å². The van der Waals surface area contributed by atoms with E-state index in [2.05, 4.69) is 6.58 Å². The van der Waals surface area contributed by atoms with E-state index in [9.17, 15) is 9.59 Å². The lowest BCUT2D eigenvalue weighted by atomic mass is 10.0. The van der Waals surface area contributed by atoms with Crippen molar-refractivity contribution in [1.29, 1.82) is 0 Å². The van der Waals surface area contributed by atoms with Gasteiger partial charge in [-0.2, -0.15) is 0 Å². The third kappa shape index (κ3) is 7.45. The van der Waals surface area contributed by atoms with Gasteiger partial charge in [-0.1, -0.05) is 90.5 Å². The molecule has 172 valence electrons. The highest BCUT2D eigenvalue weighted by atomic mass is 16.5. The van der Waals surface area contributed by atoms with Gasteiger partial charge < -0.3 is 9.47 Å². The molecular weight excluding hydrogens is 424 g/mol. The van der Waals surface area contributed by atoms with Crippen LogP contribution in [0.25, 0.3) is 5.57 Å². The van der Waals surface area contributed by atoms with Gasteiger partial charge in [-0.3, -0.25) is 4.79 Å². The Bertz CT molecular complexity index is 1180. The van der Waals surface area contributed by atoms with Gasteiger partial charge >= 0.3 is 11.9 Å². The van der Waals surface area contributed by atoms with Gasteiger partial charge in [0, 0.05) is 0 Å².